The van der Waals surface area contributed by atoms with Crippen LogP contribution in [0.5, 0.6) is 0 Å². The summed E-state index contributed by atoms with van der Waals surface area (Å²) < 4.78 is 40.9. The lowest BCUT2D eigenvalue weighted by atomic mass is 9.99. The van der Waals surface area contributed by atoms with Crippen LogP contribution in [0, 0.1) is 5.82 Å². The summed E-state index contributed by atoms with van der Waals surface area (Å²) in [6.07, 6.45) is 0. The van der Waals surface area contributed by atoms with E-state index in [1.54, 1.807) is 0 Å². The van der Waals surface area contributed by atoms with Gasteiger partial charge < -0.3 is 5.11 Å². The quantitative estimate of drug-likeness (QED) is 0.920. The topological polar surface area (TPSA) is 37.3 Å². The van der Waals surface area contributed by atoms with Gasteiger partial charge in [-0.1, -0.05) is 12.1 Å². The Labute approximate surface area is 107 Å². The van der Waals surface area contributed by atoms with Crippen molar-refractivity contribution in [1.29, 1.82) is 0 Å². The Kier molecular flexibility index (Phi) is 3.29. The molecule has 0 atom stereocenters. The first-order valence-electron chi connectivity index (χ1n) is 5.39. The molecule has 2 aromatic carbocycles. The van der Waals surface area contributed by atoms with E-state index in [1.165, 1.54) is 0 Å². The fraction of sp³-hybridized carbons (Fsp3) is 0.0714. The van der Waals surface area contributed by atoms with Gasteiger partial charge in [0.1, 0.15) is 5.82 Å². The summed E-state index contributed by atoms with van der Waals surface area (Å²) in [5.74, 6) is -5.08. The average molecular weight is 266 g/mol. The Morgan fingerprint density at radius 1 is 0.895 bits per heavy atom. The first kappa shape index (κ1) is 13.1. The number of benzene rings is 2. The maximum absolute atomic E-state index is 14.1. The summed E-state index contributed by atoms with van der Waals surface area (Å²) in [6.45, 7) is 0. The van der Waals surface area contributed by atoms with Crippen molar-refractivity contribution in [2.24, 2.45) is 0 Å². The van der Waals surface area contributed by atoms with Gasteiger partial charge in [-0.25, -0.2) is 9.18 Å². The third kappa shape index (κ3) is 2.59. The Balaban J connectivity index is 2.38. The van der Waals surface area contributed by atoms with Gasteiger partial charge in [-0.15, -0.1) is 0 Å². The highest BCUT2D eigenvalue weighted by atomic mass is 19.3. The molecule has 0 spiro atoms. The standard InChI is InChI=1S/C14H9F3O2/c15-12-7-5-11(6-8-12)14(16,17)10-3-1-9(2-4-10)13(18)19/h1-8H,(H,18,19). The van der Waals surface area contributed by atoms with Gasteiger partial charge in [-0.3, -0.25) is 0 Å². The van der Waals surface area contributed by atoms with Crippen LogP contribution in [0.4, 0.5) is 13.2 Å². The zero-order valence-corrected chi connectivity index (χ0v) is 9.61. The summed E-state index contributed by atoms with van der Waals surface area (Å²) in [5, 5.41) is 8.70. The lowest BCUT2D eigenvalue weighted by Gasteiger charge is -2.17. The molecule has 19 heavy (non-hydrogen) atoms. The van der Waals surface area contributed by atoms with Crippen LogP contribution in [-0.2, 0) is 5.92 Å². The predicted molar refractivity (Wildman–Crippen MR) is 62.8 cm³/mol. The van der Waals surface area contributed by atoms with E-state index < -0.39 is 17.7 Å². The molecule has 0 unspecified atom stereocenters. The van der Waals surface area contributed by atoms with Crippen LogP contribution in [0.3, 0.4) is 0 Å². The largest absolute Gasteiger partial charge is 0.478 e. The zero-order chi connectivity index (χ0) is 14.0. The van der Waals surface area contributed by atoms with E-state index in [9.17, 15) is 18.0 Å². The summed E-state index contributed by atoms with van der Waals surface area (Å²) >= 11 is 0. The summed E-state index contributed by atoms with van der Waals surface area (Å²) in [5.41, 5.74) is -0.764. The van der Waals surface area contributed by atoms with E-state index in [0.29, 0.717) is 0 Å². The maximum Gasteiger partial charge on any atom is 0.335 e. The van der Waals surface area contributed by atoms with E-state index in [-0.39, 0.29) is 16.7 Å². The molecule has 0 aromatic heterocycles. The molecule has 2 aromatic rings. The molecule has 98 valence electrons. The molecule has 1 N–H and O–H groups in total. The second-order valence-corrected chi connectivity index (χ2v) is 3.96. The van der Waals surface area contributed by atoms with Gasteiger partial charge in [0, 0.05) is 11.1 Å². The molecule has 0 aliphatic rings. The van der Waals surface area contributed by atoms with Crippen LogP contribution in [-0.4, -0.2) is 11.1 Å². The summed E-state index contributed by atoms with van der Waals surface area (Å²) in [4.78, 5) is 10.6. The van der Waals surface area contributed by atoms with Gasteiger partial charge in [0.25, 0.3) is 5.92 Å². The number of hydrogen-bond donors (Lipinski definition) is 1. The molecule has 2 nitrogen and oxygen atoms in total. The average Bonchev–Trinajstić information content (AvgIpc) is 2.39. The summed E-state index contributed by atoms with van der Waals surface area (Å²) in [7, 11) is 0. The van der Waals surface area contributed by atoms with Crippen LogP contribution < -0.4 is 0 Å². The minimum atomic E-state index is -3.30. The van der Waals surface area contributed by atoms with Gasteiger partial charge >= 0.3 is 5.97 Å². The lowest BCUT2D eigenvalue weighted by Crippen LogP contribution is -2.15. The molecule has 0 saturated heterocycles. The molecule has 0 aliphatic carbocycles. The number of hydrogen-bond acceptors (Lipinski definition) is 1. The molecular formula is C14H9F3O2. The van der Waals surface area contributed by atoms with Crippen LogP contribution in [0.15, 0.2) is 48.5 Å². The smallest absolute Gasteiger partial charge is 0.335 e. The van der Waals surface area contributed by atoms with Gasteiger partial charge in [0.2, 0.25) is 0 Å². The highest BCUT2D eigenvalue weighted by Gasteiger charge is 2.33. The van der Waals surface area contributed by atoms with E-state index in [4.69, 9.17) is 5.11 Å². The first-order chi connectivity index (χ1) is 8.91. The number of carbonyl (C=O) groups is 1. The molecule has 0 radical (unpaired) electrons. The number of halogens is 3. The van der Waals surface area contributed by atoms with Gasteiger partial charge in [0.15, 0.2) is 0 Å². The monoisotopic (exact) mass is 266 g/mol. The Bertz CT molecular complexity index is 589. The molecule has 0 bridgehead atoms. The molecule has 0 fully saturated rings. The van der Waals surface area contributed by atoms with Crippen molar-refractivity contribution in [3.8, 4) is 0 Å². The van der Waals surface area contributed by atoms with E-state index in [0.717, 1.165) is 48.5 Å². The van der Waals surface area contributed by atoms with Crippen LogP contribution in [0.2, 0.25) is 0 Å². The van der Waals surface area contributed by atoms with Crippen molar-refractivity contribution in [3.05, 3.63) is 71.0 Å². The van der Waals surface area contributed by atoms with Crippen molar-refractivity contribution in [3.63, 3.8) is 0 Å². The van der Waals surface area contributed by atoms with Crippen LogP contribution in [0.1, 0.15) is 21.5 Å². The fourth-order valence-electron chi connectivity index (χ4n) is 1.65. The fourth-order valence-corrected chi connectivity index (χ4v) is 1.65. The number of alkyl halides is 2. The predicted octanol–water partition coefficient (Wildman–Crippen LogP) is 3.66. The van der Waals surface area contributed by atoms with Gasteiger partial charge in [0.05, 0.1) is 5.56 Å². The number of aromatic carboxylic acids is 1. The highest BCUT2D eigenvalue weighted by molar-refractivity contribution is 5.87. The minimum Gasteiger partial charge on any atom is -0.478 e. The second-order valence-electron chi connectivity index (χ2n) is 3.96. The lowest BCUT2D eigenvalue weighted by molar-refractivity contribution is 0.0426. The molecule has 0 amide bonds. The van der Waals surface area contributed by atoms with Gasteiger partial charge in [-0.05, 0) is 36.4 Å². The molecule has 5 heteroatoms. The number of carboxylic acids is 1. The Hall–Kier alpha value is -2.30. The number of rotatable bonds is 3. The second kappa shape index (κ2) is 4.76. The number of carboxylic acid groups (broad SMARTS) is 1. The maximum atomic E-state index is 14.1. The Morgan fingerprint density at radius 3 is 1.74 bits per heavy atom. The van der Waals surface area contributed by atoms with E-state index in [1.807, 2.05) is 0 Å². The third-order valence-electron chi connectivity index (χ3n) is 2.70. The normalized spacial score (nSPS) is 11.3. The molecule has 0 saturated carbocycles. The highest BCUT2D eigenvalue weighted by Crippen LogP contribution is 2.35. The Morgan fingerprint density at radius 2 is 1.32 bits per heavy atom. The van der Waals surface area contributed by atoms with E-state index in [2.05, 4.69) is 0 Å². The van der Waals surface area contributed by atoms with Crippen molar-refractivity contribution >= 4 is 5.97 Å². The third-order valence-corrected chi connectivity index (χ3v) is 2.70. The molecule has 0 aliphatic heterocycles. The van der Waals surface area contributed by atoms with Crippen LogP contribution >= 0.6 is 0 Å². The molecule has 2 rings (SSSR count). The SMILES string of the molecule is O=C(O)c1ccc(C(F)(F)c2ccc(F)cc2)cc1. The molecular weight excluding hydrogens is 257 g/mol. The van der Waals surface area contributed by atoms with Crippen molar-refractivity contribution in [2.75, 3.05) is 0 Å². The van der Waals surface area contributed by atoms with Crippen molar-refractivity contribution in [2.45, 2.75) is 5.92 Å². The molecule has 0 heterocycles. The van der Waals surface area contributed by atoms with Crippen LogP contribution in [0.25, 0.3) is 0 Å². The first-order valence-corrected chi connectivity index (χ1v) is 5.39. The van der Waals surface area contributed by atoms with Crippen molar-refractivity contribution in [1.82, 2.24) is 0 Å². The summed E-state index contributed by atoms with van der Waals surface area (Å²) in [6, 6.07) is 8.22. The zero-order valence-electron chi connectivity index (χ0n) is 9.61. The van der Waals surface area contributed by atoms with Gasteiger partial charge in [-0.2, -0.15) is 8.78 Å². The minimum absolute atomic E-state index is 0.0707. The van der Waals surface area contributed by atoms with E-state index >= 15 is 0 Å². The van der Waals surface area contributed by atoms with Crippen molar-refractivity contribution < 1.29 is 23.1 Å².